The molecule has 4 nitrogen and oxygen atoms in total. The first kappa shape index (κ1) is 16.8. The molecule has 0 bridgehead atoms. The molecule has 1 aliphatic rings. The van der Waals surface area contributed by atoms with Crippen LogP contribution in [0.1, 0.15) is 32.1 Å². The van der Waals surface area contributed by atoms with Crippen LogP contribution in [0.2, 0.25) is 0 Å². The van der Waals surface area contributed by atoms with E-state index in [0.29, 0.717) is 18.9 Å². The fraction of sp³-hybridized carbons (Fsp3) is 0.429. The van der Waals surface area contributed by atoms with Gasteiger partial charge in [0.15, 0.2) is 17.5 Å². The third-order valence-corrected chi connectivity index (χ3v) is 4.47. The fourth-order valence-electron chi connectivity index (χ4n) is 2.46. The number of sulfonamides is 1. The Bertz CT molecular complexity index is 690. The average molecular weight is 334 g/mol. The molecule has 122 valence electrons. The van der Waals surface area contributed by atoms with Crippen molar-refractivity contribution in [2.45, 2.75) is 43.0 Å². The smallest absolute Gasteiger partial charge is 0.243 e. The van der Waals surface area contributed by atoms with E-state index < -0.39 is 38.1 Å². The van der Waals surface area contributed by atoms with Gasteiger partial charge in [-0.05, 0) is 25.7 Å². The zero-order chi connectivity index (χ0) is 16.3. The Morgan fingerprint density at radius 2 is 1.86 bits per heavy atom. The second-order valence-electron chi connectivity index (χ2n) is 5.24. The molecule has 8 heteroatoms. The molecule has 0 radical (unpaired) electrons. The normalized spacial score (nSPS) is 21.0. The van der Waals surface area contributed by atoms with Crippen LogP contribution >= 0.6 is 0 Å². The number of rotatable bonds is 3. The van der Waals surface area contributed by atoms with Crippen molar-refractivity contribution >= 4 is 15.7 Å². The largest absolute Gasteiger partial charge is 0.378 e. The number of benzene rings is 1. The maximum atomic E-state index is 14.0. The summed E-state index contributed by atoms with van der Waals surface area (Å²) in [6.07, 6.45) is 7.83. The summed E-state index contributed by atoms with van der Waals surface area (Å²) in [5.74, 6) is -4.45. The van der Waals surface area contributed by atoms with Crippen LogP contribution in [0.3, 0.4) is 0 Å². The zero-order valence-electron chi connectivity index (χ0n) is 11.8. The lowest BCUT2D eigenvalue weighted by molar-refractivity contribution is 0.470. The van der Waals surface area contributed by atoms with Gasteiger partial charge in [-0.1, -0.05) is 18.6 Å². The van der Waals surface area contributed by atoms with Crippen LogP contribution in [0.5, 0.6) is 0 Å². The summed E-state index contributed by atoms with van der Waals surface area (Å²) in [5, 5.41) is 7.57. The van der Waals surface area contributed by atoms with Gasteiger partial charge in [0.2, 0.25) is 10.0 Å². The van der Waals surface area contributed by atoms with Crippen LogP contribution in [0, 0.1) is 17.5 Å². The third-order valence-electron chi connectivity index (χ3n) is 3.52. The first-order chi connectivity index (χ1) is 10.3. The molecule has 22 heavy (non-hydrogen) atoms. The van der Waals surface area contributed by atoms with Crippen molar-refractivity contribution in [3.63, 3.8) is 0 Å². The lowest BCUT2D eigenvalue weighted by Gasteiger charge is -2.22. The Kier molecular flexibility index (Phi) is 5.12. The average Bonchev–Trinajstić information content (AvgIpc) is 2.37. The van der Waals surface area contributed by atoms with E-state index in [9.17, 15) is 21.6 Å². The Balaban J connectivity index is 2.43. The Hall–Kier alpha value is -1.54. The van der Waals surface area contributed by atoms with Crippen molar-refractivity contribution in [1.82, 2.24) is 0 Å². The molecule has 0 saturated carbocycles. The van der Waals surface area contributed by atoms with Crippen LogP contribution in [0.4, 0.5) is 18.9 Å². The summed E-state index contributed by atoms with van der Waals surface area (Å²) >= 11 is 0. The molecule has 0 fully saturated rings. The quantitative estimate of drug-likeness (QED) is 0.659. The lowest BCUT2D eigenvalue weighted by atomic mass is 10.0. The molecule has 0 spiro atoms. The molecule has 0 amide bonds. The van der Waals surface area contributed by atoms with E-state index in [0.717, 1.165) is 19.3 Å². The van der Waals surface area contributed by atoms with E-state index in [-0.39, 0.29) is 6.04 Å². The maximum absolute atomic E-state index is 14.0. The minimum absolute atomic E-state index is 0.281. The van der Waals surface area contributed by atoms with Crippen molar-refractivity contribution in [2.75, 3.05) is 5.32 Å². The molecule has 1 aromatic rings. The Morgan fingerprint density at radius 1 is 1.14 bits per heavy atom. The summed E-state index contributed by atoms with van der Waals surface area (Å²) in [5.41, 5.74) is -0.611. The van der Waals surface area contributed by atoms with Crippen molar-refractivity contribution in [2.24, 2.45) is 5.14 Å². The number of anilines is 1. The van der Waals surface area contributed by atoms with Crippen molar-refractivity contribution in [3.05, 3.63) is 35.7 Å². The van der Waals surface area contributed by atoms with Gasteiger partial charge in [0.1, 0.15) is 4.90 Å². The molecule has 0 heterocycles. The molecule has 2 rings (SSSR count). The topological polar surface area (TPSA) is 72.2 Å². The monoisotopic (exact) mass is 334 g/mol. The van der Waals surface area contributed by atoms with Crippen LogP contribution < -0.4 is 10.5 Å². The predicted octanol–water partition coefficient (Wildman–Crippen LogP) is 3.05. The van der Waals surface area contributed by atoms with Gasteiger partial charge in [-0.15, -0.1) is 0 Å². The van der Waals surface area contributed by atoms with E-state index >= 15 is 0 Å². The van der Waals surface area contributed by atoms with Crippen LogP contribution in [-0.4, -0.2) is 14.5 Å². The highest BCUT2D eigenvalue weighted by atomic mass is 32.2. The number of allylic oxidation sites excluding steroid dienone is 1. The van der Waals surface area contributed by atoms with Gasteiger partial charge in [-0.2, -0.15) is 0 Å². The van der Waals surface area contributed by atoms with Crippen molar-refractivity contribution < 1.29 is 21.6 Å². The van der Waals surface area contributed by atoms with E-state index in [1.54, 1.807) is 0 Å². The number of nitrogens with one attached hydrogen (secondary N) is 1. The van der Waals surface area contributed by atoms with Crippen LogP contribution in [-0.2, 0) is 10.0 Å². The van der Waals surface area contributed by atoms with E-state index in [2.05, 4.69) is 5.32 Å². The molecule has 0 aliphatic heterocycles. The summed E-state index contributed by atoms with van der Waals surface area (Å²) in [7, 11) is -4.61. The molecular formula is C14H17F3N2O2S. The van der Waals surface area contributed by atoms with Gasteiger partial charge < -0.3 is 5.32 Å². The zero-order valence-corrected chi connectivity index (χ0v) is 12.6. The maximum Gasteiger partial charge on any atom is 0.243 e. The number of halogens is 3. The highest BCUT2D eigenvalue weighted by Gasteiger charge is 2.28. The summed E-state index contributed by atoms with van der Waals surface area (Å²) in [4.78, 5) is -1.17. The fourth-order valence-corrected chi connectivity index (χ4v) is 3.25. The van der Waals surface area contributed by atoms with E-state index in [1.165, 1.54) is 0 Å². The number of primary sulfonamides is 1. The van der Waals surface area contributed by atoms with Gasteiger partial charge in [0, 0.05) is 12.1 Å². The summed E-state index contributed by atoms with van der Waals surface area (Å²) in [6, 6.07) is 0.0295. The van der Waals surface area contributed by atoms with E-state index in [1.807, 2.05) is 12.2 Å². The van der Waals surface area contributed by atoms with Gasteiger partial charge in [0.25, 0.3) is 0 Å². The Morgan fingerprint density at radius 3 is 2.55 bits per heavy atom. The first-order valence-electron chi connectivity index (χ1n) is 6.92. The molecule has 3 N–H and O–H groups in total. The molecule has 1 aromatic carbocycles. The minimum Gasteiger partial charge on any atom is -0.378 e. The predicted molar refractivity (Wildman–Crippen MR) is 77.3 cm³/mol. The second kappa shape index (κ2) is 6.70. The standard InChI is InChI=1S/C14H17F3N2O2S/c15-10-8-11(16)13(14(12(10)17)22(18,20)21)19-9-6-4-2-1-3-5-7-9/h2,4,8-9,19H,1,3,5-7H2,(H2,18,20,21)/b4-2+/t9-/m0/s1. The molecule has 0 aromatic heterocycles. The van der Waals surface area contributed by atoms with Gasteiger partial charge in [-0.25, -0.2) is 26.7 Å². The van der Waals surface area contributed by atoms with E-state index in [4.69, 9.17) is 5.14 Å². The molecule has 1 atom stereocenters. The molecule has 0 saturated heterocycles. The second-order valence-corrected chi connectivity index (χ2v) is 6.73. The minimum atomic E-state index is -4.61. The summed E-state index contributed by atoms with van der Waals surface area (Å²) in [6.45, 7) is 0. The lowest BCUT2D eigenvalue weighted by Crippen LogP contribution is -2.25. The Labute approximate surface area is 127 Å². The van der Waals surface area contributed by atoms with Crippen molar-refractivity contribution in [1.29, 1.82) is 0 Å². The molecule has 0 unspecified atom stereocenters. The SMILES string of the molecule is NS(=O)(=O)c1c(F)c(F)cc(F)c1N[C@H]1C/C=C/CCCC1. The van der Waals surface area contributed by atoms with Crippen molar-refractivity contribution in [3.8, 4) is 0 Å². The summed E-state index contributed by atoms with van der Waals surface area (Å²) < 4.78 is 64.0. The number of hydrogen-bond donors (Lipinski definition) is 2. The van der Waals surface area contributed by atoms with Gasteiger partial charge in [0.05, 0.1) is 5.69 Å². The third kappa shape index (κ3) is 3.80. The van der Waals surface area contributed by atoms with Crippen LogP contribution in [0.25, 0.3) is 0 Å². The number of nitrogens with two attached hydrogens (primary N) is 1. The molecule has 1 aliphatic carbocycles. The molecular weight excluding hydrogens is 317 g/mol. The number of hydrogen-bond acceptors (Lipinski definition) is 3. The first-order valence-corrected chi connectivity index (χ1v) is 8.47. The van der Waals surface area contributed by atoms with Gasteiger partial charge >= 0.3 is 0 Å². The van der Waals surface area contributed by atoms with Gasteiger partial charge in [-0.3, -0.25) is 0 Å². The highest BCUT2D eigenvalue weighted by Crippen LogP contribution is 2.30. The highest BCUT2D eigenvalue weighted by molar-refractivity contribution is 7.89. The van der Waals surface area contributed by atoms with Crippen LogP contribution in [0.15, 0.2) is 23.1 Å².